The molecule has 0 saturated heterocycles. The fourth-order valence-electron chi connectivity index (χ4n) is 3.07. The van der Waals surface area contributed by atoms with E-state index >= 15 is 0 Å². The van der Waals surface area contributed by atoms with Crippen molar-refractivity contribution in [2.75, 3.05) is 13.6 Å². The van der Waals surface area contributed by atoms with Crippen molar-refractivity contribution in [3.8, 4) is 16.4 Å². The first-order valence-electron chi connectivity index (χ1n) is 9.30. The number of carbonyl (C=O) groups is 1. The third-order valence-corrected chi connectivity index (χ3v) is 5.85. The number of aromatic nitrogens is 3. The molecular weight excluding hydrogens is 377 g/mol. The van der Waals surface area contributed by atoms with Crippen molar-refractivity contribution in [2.24, 2.45) is 0 Å². The number of hydrogen-bond acceptors (Lipinski definition) is 5. The monoisotopic (exact) mass is 399 g/mol. The van der Waals surface area contributed by atoms with Crippen LogP contribution in [-0.2, 0) is 0 Å². The molecule has 0 bridgehead atoms. The fourth-order valence-corrected chi connectivity index (χ4v) is 3.77. The average molecular weight is 399 g/mol. The molecule has 1 aliphatic carbocycles. The molecule has 0 aliphatic heterocycles. The molecule has 1 unspecified atom stereocenters. The van der Waals surface area contributed by atoms with Gasteiger partial charge in [0.2, 0.25) is 5.82 Å². The summed E-state index contributed by atoms with van der Waals surface area (Å²) in [6.45, 7) is 2.61. The summed E-state index contributed by atoms with van der Waals surface area (Å²) in [5, 5.41) is 9.21. The zero-order chi connectivity index (χ0) is 19.7. The van der Waals surface area contributed by atoms with Crippen molar-refractivity contribution in [3.63, 3.8) is 0 Å². The highest BCUT2D eigenvalue weighted by Gasteiger charge is 2.29. The Balaban J connectivity index is 1.57. The van der Waals surface area contributed by atoms with Gasteiger partial charge in [-0.2, -0.15) is 0 Å². The maximum Gasteiger partial charge on any atom is 0.291 e. The van der Waals surface area contributed by atoms with Crippen LogP contribution in [-0.4, -0.2) is 51.2 Å². The molecule has 8 heteroatoms. The summed E-state index contributed by atoms with van der Waals surface area (Å²) in [6, 6.07) is 10.8. The predicted molar refractivity (Wildman–Crippen MR) is 107 cm³/mol. The lowest BCUT2D eigenvalue weighted by Crippen LogP contribution is -2.41. The van der Waals surface area contributed by atoms with Gasteiger partial charge < -0.3 is 5.32 Å². The van der Waals surface area contributed by atoms with E-state index in [1.165, 1.54) is 41.0 Å². The van der Waals surface area contributed by atoms with Crippen LogP contribution in [0.1, 0.15) is 30.4 Å². The lowest BCUT2D eigenvalue weighted by atomic mass is 10.3. The molecule has 1 saturated carbocycles. The van der Waals surface area contributed by atoms with Crippen LogP contribution >= 0.6 is 11.3 Å². The quantitative estimate of drug-likeness (QED) is 0.662. The third-order valence-electron chi connectivity index (χ3n) is 4.98. The largest absolute Gasteiger partial charge is 0.348 e. The van der Waals surface area contributed by atoms with Gasteiger partial charge in [0.05, 0.1) is 10.6 Å². The summed E-state index contributed by atoms with van der Waals surface area (Å²) in [5.41, 5.74) is 0.525. The van der Waals surface area contributed by atoms with E-state index in [-0.39, 0.29) is 23.6 Å². The smallest absolute Gasteiger partial charge is 0.291 e. The molecule has 4 rings (SSSR count). The average Bonchev–Trinajstić information content (AvgIpc) is 3.21. The number of likely N-dealkylation sites (N-methyl/N-ethyl adjacent to an activating group) is 1. The Labute approximate surface area is 167 Å². The first kappa shape index (κ1) is 18.8. The Hall–Kier alpha value is -2.58. The molecule has 28 heavy (non-hydrogen) atoms. The minimum atomic E-state index is -0.368. The highest BCUT2D eigenvalue weighted by atomic mass is 32.1. The summed E-state index contributed by atoms with van der Waals surface area (Å²) < 4.78 is 15.2. The molecule has 1 atom stereocenters. The number of thiophene rings is 1. The highest BCUT2D eigenvalue weighted by Crippen LogP contribution is 2.27. The first-order chi connectivity index (χ1) is 13.5. The topological polar surface area (TPSA) is 63.1 Å². The van der Waals surface area contributed by atoms with Crippen LogP contribution in [0, 0.1) is 5.82 Å². The van der Waals surface area contributed by atoms with Crippen molar-refractivity contribution in [2.45, 2.75) is 31.8 Å². The first-order valence-corrected chi connectivity index (χ1v) is 10.2. The number of halogens is 1. The van der Waals surface area contributed by atoms with Gasteiger partial charge in [-0.05, 0) is 56.5 Å². The van der Waals surface area contributed by atoms with E-state index < -0.39 is 0 Å². The molecule has 0 radical (unpaired) electrons. The molecule has 1 fully saturated rings. The van der Waals surface area contributed by atoms with Gasteiger partial charge in [0.1, 0.15) is 5.82 Å². The second-order valence-electron chi connectivity index (χ2n) is 7.08. The molecule has 1 amide bonds. The number of benzene rings is 1. The normalized spacial score (nSPS) is 15.0. The fraction of sp³-hybridized carbons (Fsp3) is 0.350. The summed E-state index contributed by atoms with van der Waals surface area (Å²) >= 11 is 1.49. The van der Waals surface area contributed by atoms with E-state index in [9.17, 15) is 9.18 Å². The zero-order valence-electron chi connectivity index (χ0n) is 15.8. The molecule has 0 spiro atoms. The Kier molecular flexibility index (Phi) is 5.23. The molecule has 3 aromatic rings. The Bertz CT molecular complexity index is 967. The van der Waals surface area contributed by atoms with Crippen molar-refractivity contribution in [1.29, 1.82) is 0 Å². The van der Waals surface area contributed by atoms with Gasteiger partial charge in [-0.25, -0.2) is 14.1 Å². The standard InChI is InChI=1S/C20H22FN5OS/c1-13(25(2)15-8-9-15)12-22-20(27)18-23-19(17-7-4-10-28-17)26(24-18)16-6-3-5-14(21)11-16/h3-7,10-11,13,15H,8-9,12H2,1-2H3,(H,22,27). The van der Waals surface area contributed by atoms with Crippen LogP contribution < -0.4 is 5.32 Å². The van der Waals surface area contributed by atoms with Crippen molar-refractivity contribution < 1.29 is 9.18 Å². The van der Waals surface area contributed by atoms with Crippen LogP contribution in [0.15, 0.2) is 41.8 Å². The molecule has 1 aromatic carbocycles. The number of carbonyl (C=O) groups excluding carboxylic acids is 1. The van der Waals surface area contributed by atoms with E-state index in [1.807, 2.05) is 17.5 Å². The summed E-state index contributed by atoms with van der Waals surface area (Å²) in [4.78, 5) is 20.2. The zero-order valence-corrected chi connectivity index (χ0v) is 16.6. The van der Waals surface area contributed by atoms with Gasteiger partial charge in [0.25, 0.3) is 5.91 Å². The Morgan fingerprint density at radius 2 is 2.21 bits per heavy atom. The van der Waals surface area contributed by atoms with Crippen molar-refractivity contribution in [1.82, 2.24) is 25.0 Å². The minimum Gasteiger partial charge on any atom is -0.348 e. The van der Waals surface area contributed by atoms with Crippen LogP contribution in [0.3, 0.4) is 0 Å². The van der Waals surface area contributed by atoms with Crippen LogP contribution in [0.2, 0.25) is 0 Å². The number of nitrogens with one attached hydrogen (secondary N) is 1. The number of hydrogen-bond donors (Lipinski definition) is 1. The molecule has 1 N–H and O–H groups in total. The van der Waals surface area contributed by atoms with Gasteiger partial charge in [-0.15, -0.1) is 16.4 Å². The Morgan fingerprint density at radius 3 is 2.89 bits per heavy atom. The SMILES string of the molecule is CC(CNC(=O)c1nc(-c2cccs2)n(-c2cccc(F)c2)n1)N(C)C1CC1. The maximum atomic E-state index is 13.7. The summed E-state index contributed by atoms with van der Waals surface area (Å²) in [7, 11) is 2.08. The molecule has 2 heterocycles. The van der Waals surface area contributed by atoms with Crippen molar-refractivity contribution >= 4 is 17.2 Å². The lowest BCUT2D eigenvalue weighted by Gasteiger charge is -2.24. The molecule has 146 valence electrons. The van der Waals surface area contributed by atoms with Crippen LogP contribution in [0.25, 0.3) is 16.4 Å². The molecule has 6 nitrogen and oxygen atoms in total. The summed E-state index contributed by atoms with van der Waals surface area (Å²) in [6.07, 6.45) is 2.44. The minimum absolute atomic E-state index is 0.0777. The second kappa shape index (κ2) is 7.81. The van der Waals surface area contributed by atoms with Gasteiger partial charge in [0.15, 0.2) is 5.82 Å². The van der Waals surface area contributed by atoms with E-state index in [4.69, 9.17) is 0 Å². The maximum absolute atomic E-state index is 13.7. The number of amides is 1. The van der Waals surface area contributed by atoms with E-state index in [0.29, 0.717) is 24.1 Å². The van der Waals surface area contributed by atoms with Crippen molar-refractivity contribution in [3.05, 3.63) is 53.4 Å². The lowest BCUT2D eigenvalue weighted by molar-refractivity contribution is 0.0929. The number of nitrogens with zero attached hydrogens (tertiary/aromatic N) is 4. The van der Waals surface area contributed by atoms with E-state index in [0.717, 1.165) is 4.88 Å². The van der Waals surface area contributed by atoms with Gasteiger partial charge >= 0.3 is 0 Å². The van der Waals surface area contributed by atoms with Gasteiger partial charge in [-0.3, -0.25) is 9.69 Å². The van der Waals surface area contributed by atoms with E-state index in [2.05, 4.69) is 34.3 Å². The van der Waals surface area contributed by atoms with Crippen LogP contribution in [0.4, 0.5) is 4.39 Å². The molecule has 1 aliphatic rings. The second-order valence-corrected chi connectivity index (χ2v) is 8.03. The summed E-state index contributed by atoms with van der Waals surface area (Å²) in [5.74, 6) is -0.0973. The van der Waals surface area contributed by atoms with Gasteiger partial charge in [0, 0.05) is 18.6 Å². The van der Waals surface area contributed by atoms with E-state index in [1.54, 1.807) is 12.1 Å². The van der Waals surface area contributed by atoms with Crippen LogP contribution in [0.5, 0.6) is 0 Å². The highest BCUT2D eigenvalue weighted by molar-refractivity contribution is 7.13. The Morgan fingerprint density at radius 1 is 1.39 bits per heavy atom. The predicted octanol–water partition coefficient (Wildman–Crippen LogP) is 3.35. The third kappa shape index (κ3) is 3.98. The molecular formula is C20H22FN5OS. The molecule has 2 aromatic heterocycles. The van der Waals surface area contributed by atoms with Gasteiger partial charge in [-0.1, -0.05) is 12.1 Å². The number of rotatable bonds is 7.